The number of rotatable bonds is 3. The van der Waals surface area contributed by atoms with E-state index in [4.69, 9.17) is 4.74 Å². The smallest absolute Gasteiger partial charge is 0.159 e. The molecule has 0 radical (unpaired) electrons. The largest absolute Gasteiger partial charge is 0.369 e. The molecule has 2 heteroatoms. The molecule has 3 atom stereocenters. The second kappa shape index (κ2) is 6.73. The summed E-state index contributed by atoms with van der Waals surface area (Å²) in [5, 5.41) is 0. The molecule has 0 heterocycles. The van der Waals surface area contributed by atoms with Crippen LogP contribution in [-0.2, 0) is 9.53 Å². The van der Waals surface area contributed by atoms with Gasteiger partial charge in [0, 0.05) is 25.4 Å². The lowest BCUT2D eigenvalue weighted by Gasteiger charge is -2.29. The van der Waals surface area contributed by atoms with Crippen molar-refractivity contribution in [2.75, 3.05) is 7.11 Å². The second-order valence-corrected chi connectivity index (χ2v) is 5.26. The van der Waals surface area contributed by atoms with Crippen LogP contribution < -0.4 is 0 Å². The molecule has 0 aromatic rings. The average Bonchev–Trinajstić information content (AvgIpc) is 2.44. The van der Waals surface area contributed by atoms with Crippen molar-refractivity contribution in [1.29, 1.82) is 0 Å². The van der Waals surface area contributed by atoms with Crippen LogP contribution in [0, 0.1) is 23.7 Å². The van der Waals surface area contributed by atoms with E-state index in [1.807, 2.05) is 12.2 Å². The van der Waals surface area contributed by atoms with Gasteiger partial charge in [-0.05, 0) is 24.8 Å². The predicted molar refractivity (Wildman–Crippen MR) is 76.5 cm³/mol. The number of ketones is 1. The van der Waals surface area contributed by atoms with Crippen LogP contribution in [0.2, 0.25) is 0 Å². The topological polar surface area (TPSA) is 26.3 Å². The Labute approximate surface area is 115 Å². The van der Waals surface area contributed by atoms with Gasteiger partial charge in [0.25, 0.3) is 0 Å². The van der Waals surface area contributed by atoms with Crippen molar-refractivity contribution in [3.05, 3.63) is 23.8 Å². The van der Waals surface area contributed by atoms with E-state index >= 15 is 0 Å². The number of fused-ring (bicyclic) bond motifs is 1. The molecule has 0 aliphatic heterocycles. The number of hydrogen-bond donors (Lipinski definition) is 0. The molecule has 2 aliphatic rings. The quantitative estimate of drug-likeness (QED) is 0.726. The highest BCUT2D eigenvalue weighted by Crippen LogP contribution is 2.35. The maximum atomic E-state index is 11.9. The van der Waals surface area contributed by atoms with Gasteiger partial charge in [0.15, 0.2) is 5.78 Å². The Kier molecular flexibility index (Phi) is 4.99. The van der Waals surface area contributed by atoms with E-state index in [9.17, 15) is 4.79 Å². The van der Waals surface area contributed by atoms with Gasteiger partial charge in [0.05, 0.1) is 0 Å². The highest BCUT2D eigenvalue weighted by Gasteiger charge is 2.31. The molecular weight excluding hydrogens is 236 g/mol. The third kappa shape index (κ3) is 3.36. The number of Topliss-reactive ketones (excluding diaryl/α,β-unsaturated/α-hetero) is 1. The number of carbonyl (C=O) groups excluding carboxylic acids is 1. The van der Waals surface area contributed by atoms with Crippen molar-refractivity contribution in [3.63, 3.8) is 0 Å². The van der Waals surface area contributed by atoms with Crippen LogP contribution in [0.25, 0.3) is 0 Å². The lowest BCUT2D eigenvalue weighted by Crippen LogP contribution is -2.26. The molecule has 3 unspecified atom stereocenters. The van der Waals surface area contributed by atoms with Gasteiger partial charge >= 0.3 is 0 Å². The first kappa shape index (κ1) is 14.1. The lowest BCUT2D eigenvalue weighted by molar-refractivity contribution is -0.117. The van der Waals surface area contributed by atoms with Crippen LogP contribution in [0.4, 0.5) is 0 Å². The summed E-state index contributed by atoms with van der Waals surface area (Å²) in [6.07, 6.45) is 10.9. The van der Waals surface area contributed by atoms with Gasteiger partial charge in [0.2, 0.25) is 0 Å². The van der Waals surface area contributed by atoms with Crippen LogP contribution in [-0.4, -0.2) is 19.0 Å². The Morgan fingerprint density at radius 1 is 1.53 bits per heavy atom. The summed E-state index contributed by atoms with van der Waals surface area (Å²) < 4.78 is 5.36. The third-order valence-corrected chi connectivity index (χ3v) is 3.91. The van der Waals surface area contributed by atoms with Gasteiger partial charge in [-0.1, -0.05) is 43.4 Å². The Balaban J connectivity index is 2.09. The highest BCUT2D eigenvalue weighted by molar-refractivity contribution is 5.97. The van der Waals surface area contributed by atoms with Crippen molar-refractivity contribution in [3.8, 4) is 11.8 Å². The van der Waals surface area contributed by atoms with Crippen LogP contribution in [0.3, 0.4) is 0 Å². The van der Waals surface area contributed by atoms with Gasteiger partial charge in [0.1, 0.15) is 6.10 Å². The van der Waals surface area contributed by atoms with Gasteiger partial charge in [-0.25, -0.2) is 0 Å². The zero-order valence-corrected chi connectivity index (χ0v) is 11.8. The minimum absolute atomic E-state index is 0.0204. The Hall–Kier alpha value is -1.33. The van der Waals surface area contributed by atoms with E-state index in [-0.39, 0.29) is 12.0 Å². The van der Waals surface area contributed by atoms with Crippen molar-refractivity contribution in [1.82, 2.24) is 0 Å². The molecular formula is C17H22O2. The molecule has 0 saturated heterocycles. The summed E-state index contributed by atoms with van der Waals surface area (Å²) in [5.74, 6) is 7.34. The van der Waals surface area contributed by atoms with Gasteiger partial charge in [-0.2, -0.15) is 0 Å². The summed E-state index contributed by atoms with van der Waals surface area (Å²) in [4.78, 5) is 11.9. The molecule has 2 nitrogen and oxygen atoms in total. The lowest BCUT2D eigenvalue weighted by atomic mass is 9.73. The van der Waals surface area contributed by atoms with Crippen molar-refractivity contribution in [2.24, 2.45) is 11.8 Å². The molecule has 0 bridgehead atoms. The molecule has 0 aromatic carbocycles. The number of ether oxygens (including phenoxy) is 1. The maximum absolute atomic E-state index is 11.9. The summed E-state index contributed by atoms with van der Waals surface area (Å²) in [7, 11) is 1.71. The predicted octanol–water partition coefficient (Wildman–Crippen LogP) is 3.29. The summed E-state index contributed by atoms with van der Waals surface area (Å²) in [6.45, 7) is 2.13. The molecule has 0 N–H and O–H groups in total. The highest BCUT2D eigenvalue weighted by atomic mass is 16.5. The van der Waals surface area contributed by atoms with Gasteiger partial charge in [-0.15, -0.1) is 0 Å². The van der Waals surface area contributed by atoms with Crippen LogP contribution >= 0.6 is 0 Å². The third-order valence-electron chi connectivity index (χ3n) is 3.91. The summed E-state index contributed by atoms with van der Waals surface area (Å²) in [5.41, 5.74) is 0.984. The first-order valence-corrected chi connectivity index (χ1v) is 7.21. The summed E-state index contributed by atoms with van der Waals surface area (Å²) in [6, 6.07) is 0. The van der Waals surface area contributed by atoms with Crippen LogP contribution in [0.5, 0.6) is 0 Å². The van der Waals surface area contributed by atoms with Gasteiger partial charge < -0.3 is 4.74 Å². The first-order valence-electron chi connectivity index (χ1n) is 7.21. The van der Waals surface area contributed by atoms with E-state index in [1.54, 1.807) is 7.11 Å². The van der Waals surface area contributed by atoms with Gasteiger partial charge in [-0.3, -0.25) is 4.79 Å². The molecule has 19 heavy (non-hydrogen) atoms. The minimum atomic E-state index is 0.0204. The molecule has 2 aliphatic carbocycles. The average molecular weight is 258 g/mol. The van der Waals surface area contributed by atoms with Crippen molar-refractivity contribution in [2.45, 2.75) is 45.1 Å². The zero-order valence-electron chi connectivity index (χ0n) is 11.8. The fraction of sp³-hybridized carbons (Fsp3) is 0.588. The van der Waals surface area contributed by atoms with E-state index in [0.717, 1.165) is 31.3 Å². The van der Waals surface area contributed by atoms with Crippen molar-refractivity contribution >= 4 is 5.78 Å². The van der Waals surface area contributed by atoms with E-state index < -0.39 is 0 Å². The standard InChI is InChI=1S/C17H22O2/c1-3-6-14(19-2)12-11-13-7-4-9-16-15(13)8-5-10-17(16)18/h4,7,9,13-15H,3,5-6,8,10H2,1-2H3. The monoisotopic (exact) mass is 258 g/mol. The molecule has 1 fully saturated rings. The first-order chi connectivity index (χ1) is 9.26. The minimum Gasteiger partial charge on any atom is -0.369 e. The van der Waals surface area contributed by atoms with E-state index in [0.29, 0.717) is 18.1 Å². The van der Waals surface area contributed by atoms with Crippen LogP contribution in [0.1, 0.15) is 39.0 Å². The van der Waals surface area contributed by atoms with E-state index in [2.05, 4.69) is 24.8 Å². The van der Waals surface area contributed by atoms with Crippen molar-refractivity contribution < 1.29 is 9.53 Å². The molecule has 0 spiro atoms. The normalized spacial score (nSPS) is 27.1. The Morgan fingerprint density at radius 2 is 2.37 bits per heavy atom. The number of hydrogen-bond acceptors (Lipinski definition) is 2. The molecule has 102 valence electrons. The van der Waals surface area contributed by atoms with E-state index in [1.165, 1.54) is 0 Å². The molecule has 0 aromatic heterocycles. The maximum Gasteiger partial charge on any atom is 0.159 e. The number of methoxy groups -OCH3 is 1. The second-order valence-electron chi connectivity index (χ2n) is 5.26. The summed E-state index contributed by atoms with van der Waals surface area (Å²) >= 11 is 0. The molecule has 0 amide bonds. The molecule has 1 saturated carbocycles. The number of carbonyl (C=O) groups is 1. The zero-order chi connectivity index (χ0) is 13.7. The Bertz CT molecular complexity index is 448. The van der Waals surface area contributed by atoms with Crippen LogP contribution in [0.15, 0.2) is 23.8 Å². The fourth-order valence-corrected chi connectivity index (χ4v) is 2.84. The fourth-order valence-electron chi connectivity index (χ4n) is 2.84. The SMILES string of the molecule is CCCC(C#CC1C=CC=C2C(=O)CCCC21)OC. The number of allylic oxidation sites excluding steroid dienone is 4. The molecule has 2 rings (SSSR count). The Morgan fingerprint density at radius 3 is 3.11 bits per heavy atom.